The molecule has 0 saturated heterocycles. The first-order valence-corrected chi connectivity index (χ1v) is 9.70. The highest BCUT2D eigenvalue weighted by Gasteiger charge is 2.08. The van der Waals surface area contributed by atoms with Gasteiger partial charge >= 0.3 is 0 Å². The molecule has 8 heteroatoms. The smallest absolute Gasteiger partial charge is 0.234 e. The summed E-state index contributed by atoms with van der Waals surface area (Å²) in [4.78, 5) is 23.9. The highest BCUT2D eigenvalue weighted by Crippen LogP contribution is 2.27. The van der Waals surface area contributed by atoms with Crippen LogP contribution in [-0.2, 0) is 16.1 Å². The Hall–Kier alpha value is -2.87. The normalized spacial score (nSPS) is 10.1. The monoisotopic (exact) mass is 404 g/mol. The Morgan fingerprint density at radius 1 is 0.857 bits per heavy atom. The van der Waals surface area contributed by atoms with Crippen LogP contribution in [-0.4, -0.2) is 44.6 Å². The zero-order valence-electron chi connectivity index (χ0n) is 16.1. The predicted molar refractivity (Wildman–Crippen MR) is 110 cm³/mol. The van der Waals surface area contributed by atoms with Crippen molar-refractivity contribution in [1.29, 1.82) is 0 Å². The van der Waals surface area contributed by atoms with Crippen LogP contribution >= 0.6 is 11.8 Å². The summed E-state index contributed by atoms with van der Waals surface area (Å²) in [6.45, 7) is 0.373. The Morgan fingerprint density at radius 3 is 2.18 bits per heavy atom. The highest BCUT2D eigenvalue weighted by atomic mass is 32.2. The third-order valence-electron chi connectivity index (χ3n) is 3.78. The molecule has 0 aliphatic heterocycles. The van der Waals surface area contributed by atoms with Crippen LogP contribution in [0, 0.1) is 0 Å². The Bertz CT molecular complexity index is 796. The molecular weight excluding hydrogens is 380 g/mol. The summed E-state index contributed by atoms with van der Waals surface area (Å²) in [5.74, 6) is 2.05. The van der Waals surface area contributed by atoms with E-state index in [0.717, 1.165) is 11.3 Å². The topological polar surface area (TPSA) is 85.9 Å². The molecule has 0 heterocycles. The summed E-state index contributed by atoms with van der Waals surface area (Å²) in [6.07, 6.45) is 0. The molecule has 0 bridgehead atoms. The van der Waals surface area contributed by atoms with Crippen molar-refractivity contribution in [2.45, 2.75) is 6.54 Å². The van der Waals surface area contributed by atoms with Gasteiger partial charge in [-0.15, -0.1) is 11.8 Å². The number of nitrogens with one attached hydrogen (secondary N) is 2. The lowest BCUT2D eigenvalue weighted by Crippen LogP contribution is -2.25. The number of methoxy groups -OCH3 is 3. The van der Waals surface area contributed by atoms with Crippen LogP contribution in [0.2, 0.25) is 0 Å². The summed E-state index contributed by atoms with van der Waals surface area (Å²) >= 11 is 1.25. The number of rotatable bonds is 10. The Morgan fingerprint density at radius 2 is 1.54 bits per heavy atom. The minimum Gasteiger partial charge on any atom is -0.497 e. The van der Waals surface area contributed by atoms with Crippen LogP contribution in [0.15, 0.2) is 42.5 Å². The molecule has 0 aliphatic rings. The van der Waals surface area contributed by atoms with Gasteiger partial charge < -0.3 is 24.8 Å². The first kappa shape index (κ1) is 21.4. The van der Waals surface area contributed by atoms with E-state index in [4.69, 9.17) is 14.2 Å². The molecule has 0 radical (unpaired) electrons. The maximum absolute atomic E-state index is 12.0. The second-order valence-electron chi connectivity index (χ2n) is 5.74. The van der Waals surface area contributed by atoms with Crippen molar-refractivity contribution in [1.82, 2.24) is 5.32 Å². The fraction of sp³-hybridized carbons (Fsp3) is 0.300. The van der Waals surface area contributed by atoms with E-state index in [1.807, 2.05) is 12.1 Å². The summed E-state index contributed by atoms with van der Waals surface area (Å²) in [5.41, 5.74) is 1.58. The minimum atomic E-state index is -0.164. The Balaban J connectivity index is 1.70. The van der Waals surface area contributed by atoms with E-state index < -0.39 is 0 Å². The largest absolute Gasteiger partial charge is 0.497 e. The number of anilines is 1. The fourth-order valence-corrected chi connectivity index (χ4v) is 3.00. The average Bonchev–Trinajstić information content (AvgIpc) is 2.72. The molecule has 0 atom stereocenters. The molecule has 150 valence electrons. The van der Waals surface area contributed by atoms with Gasteiger partial charge in [0.1, 0.15) is 5.75 Å². The third kappa shape index (κ3) is 6.70. The van der Waals surface area contributed by atoms with Gasteiger partial charge in [-0.05, 0) is 42.0 Å². The van der Waals surface area contributed by atoms with Gasteiger partial charge in [0.15, 0.2) is 11.5 Å². The van der Waals surface area contributed by atoms with Gasteiger partial charge in [-0.3, -0.25) is 9.59 Å². The quantitative estimate of drug-likeness (QED) is 0.633. The molecular formula is C20H24N2O5S. The van der Waals surface area contributed by atoms with E-state index in [1.54, 1.807) is 51.7 Å². The van der Waals surface area contributed by atoms with Crippen molar-refractivity contribution < 1.29 is 23.8 Å². The highest BCUT2D eigenvalue weighted by molar-refractivity contribution is 8.00. The van der Waals surface area contributed by atoms with Crippen molar-refractivity contribution >= 4 is 29.3 Å². The van der Waals surface area contributed by atoms with Gasteiger partial charge in [-0.25, -0.2) is 0 Å². The van der Waals surface area contributed by atoms with Crippen LogP contribution in [0.1, 0.15) is 5.56 Å². The van der Waals surface area contributed by atoms with Gasteiger partial charge in [0.05, 0.1) is 32.8 Å². The molecule has 0 aliphatic carbocycles. The summed E-state index contributed by atoms with van der Waals surface area (Å²) < 4.78 is 15.5. The first-order chi connectivity index (χ1) is 13.5. The SMILES string of the molecule is COc1ccc(NC(=O)CSCC(=O)NCc2ccc(OC)c(OC)c2)cc1. The number of carbonyl (C=O) groups excluding carboxylic acids is 2. The maximum Gasteiger partial charge on any atom is 0.234 e. The second-order valence-corrected chi connectivity index (χ2v) is 6.72. The molecule has 2 aromatic rings. The van der Waals surface area contributed by atoms with Gasteiger partial charge in [-0.2, -0.15) is 0 Å². The standard InChI is InChI=1S/C20H24N2O5S/c1-25-16-7-5-15(6-8-16)22-20(24)13-28-12-19(23)21-11-14-4-9-17(26-2)18(10-14)27-3/h4-10H,11-13H2,1-3H3,(H,21,23)(H,22,24). The molecule has 2 rings (SSSR count). The molecule has 2 amide bonds. The van der Waals surface area contributed by atoms with E-state index in [0.29, 0.717) is 23.7 Å². The molecule has 2 N–H and O–H groups in total. The average molecular weight is 404 g/mol. The van der Waals surface area contributed by atoms with Gasteiger partial charge in [-0.1, -0.05) is 6.07 Å². The number of ether oxygens (including phenoxy) is 3. The van der Waals surface area contributed by atoms with Gasteiger partial charge in [0.25, 0.3) is 0 Å². The van der Waals surface area contributed by atoms with Gasteiger partial charge in [0, 0.05) is 12.2 Å². The van der Waals surface area contributed by atoms with Gasteiger partial charge in [0.2, 0.25) is 11.8 Å². The lowest BCUT2D eigenvalue weighted by atomic mass is 10.2. The number of hydrogen-bond donors (Lipinski definition) is 2. The van der Waals surface area contributed by atoms with Crippen molar-refractivity contribution in [3.05, 3.63) is 48.0 Å². The maximum atomic E-state index is 12.0. The number of benzene rings is 2. The molecule has 0 aromatic heterocycles. The molecule has 7 nitrogen and oxygen atoms in total. The molecule has 2 aromatic carbocycles. The summed E-state index contributed by atoms with van der Waals surface area (Å²) in [6, 6.07) is 12.5. The predicted octanol–water partition coefficient (Wildman–Crippen LogP) is 2.70. The molecule has 0 spiro atoms. The summed E-state index contributed by atoms with van der Waals surface area (Å²) in [5, 5.41) is 5.60. The molecule has 28 heavy (non-hydrogen) atoms. The lowest BCUT2D eigenvalue weighted by Gasteiger charge is -2.10. The Kier molecular flexibility index (Phi) is 8.48. The van der Waals surface area contributed by atoms with Crippen LogP contribution in [0.4, 0.5) is 5.69 Å². The van der Waals surface area contributed by atoms with Crippen molar-refractivity contribution in [2.24, 2.45) is 0 Å². The second kappa shape index (κ2) is 11.1. The first-order valence-electron chi connectivity index (χ1n) is 8.55. The van der Waals surface area contributed by atoms with Crippen molar-refractivity contribution in [3.8, 4) is 17.2 Å². The third-order valence-corrected chi connectivity index (χ3v) is 4.71. The molecule has 0 unspecified atom stereocenters. The van der Waals surface area contributed by atoms with E-state index in [9.17, 15) is 9.59 Å². The number of amides is 2. The fourth-order valence-electron chi connectivity index (χ4n) is 2.35. The Labute approximate surface area is 168 Å². The molecule has 0 fully saturated rings. The van der Waals surface area contributed by atoms with E-state index in [1.165, 1.54) is 11.8 Å². The number of carbonyl (C=O) groups is 2. The van der Waals surface area contributed by atoms with Crippen LogP contribution < -0.4 is 24.8 Å². The number of hydrogen-bond acceptors (Lipinski definition) is 6. The van der Waals surface area contributed by atoms with Crippen LogP contribution in [0.3, 0.4) is 0 Å². The van der Waals surface area contributed by atoms with Crippen LogP contribution in [0.5, 0.6) is 17.2 Å². The number of thioether (sulfide) groups is 1. The molecule has 0 saturated carbocycles. The minimum absolute atomic E-state index is 0.142. The van der Waals surface area contributed by atoms with E-state index >= 15 is 0 Å². The van der Waals surface area contributed by atoms with E-state index in [2.05, 4.69) is 10.6 Å². The van der Waals surface area contributed by atoms with E-state index in [-0.39, 0.29) is 23.3 Å². The van der Waals surface area contributed by atoms with Crippen LogP contribution in [0.25, 0.3) is 0 Å². The zero-order chi connectivity index (χ0) is 20.4. The van der Waals surface area contributed by atoms with Crippen molar-refractivity contribution in [2.75, 3.05) is 38.2 Å². The zero-order valence-corrected chi connectivity index (χ0v) is 16.9. The van der Waals surface area contributed by atoms with Crippen molar-refractivity contribution in [3.63, 3.8) is 0 Å². The lowest BCUT2D eigenvalue weighted by molar-refractivity contribution is -0.118. The summed E-state index contributed by atoms with van der Waals surface area (Å²) in [7, 11) is 4.72.